The van der Waals surface area contributed by atoms with Gasteiger partial charge >= 0.3 is 6.18 Å². The van der Waals surface area contributed by atoms with Gasteiger partial charge < -0.3 is 15.7 Å². The molecule has 0 bridgehead atoms. The molecule has 0 spiro atoms. The third-order valence-electron chi connectivity index (χ3n) is 6.49. The minimum absolute atomic E-state index is 0.0845. The fraction of sp³-hybridized carbons (Fsp3) is 0.308. The lowest BCUT2D eigenvalue weighted by Gasteiger charge is -2.23. The first-order chi connectivity index (χ1) is 17.3. The number of amides is 1. The highest BCUT2D eigenvalue weighted by Gasteiger charge is 2.32. The molecule has 1 saturated carbocycles. The van der Waals surface area contributed by atoms with Crippen LogP contribution in [0.5, 0.6) is 5.75 Å². The Morgan fingerprint density at radius 3 is 2.56 bits per heavy atom. The smallest absolute Gasteiger partial charge is 0.416 e. The number of hydrogen-bond acceptors (Lipinski definition) is 4. The van der Waals surface area contributed by atoms with Crippen molar-refractivity contribution in [3.63, 3.8) is 0 Å². The van der Waals surface area contributed by atoms with Crippen LogP contribution in [0.25, 0.3) is 11.2 Å². The Labute approximate surface area is 205 Å². The lowest BCUT2D eigenvalue weighted by Crippen LogP contribution is -2.23. The van der Waals surface area contributed by atoms with E-state index in [4.69, 9.17) is 4.98 Å². The van der Waals surface area contributed by atoms with Gasteiger partial charge in [0.1, 0.15) is 17.0 Å². The second kappa shape index (κ2) is 9.60. The van der Waals surface area contributed by atoms with Gasteiger partial charge in [0.2, 0.25) is 0 Å². The van der Waals surface area contributed by atoms with Gasteiger partial charge in [-0.3, -0.25) is 9.89 Å². The Morgan fingerprint density at radius 1 is 1.08 bits per heavy atom. The number of carbonyl (C=O) groups excluding carboxylic acids is 1. The third-order valence-corrected chi connectivity index (χ3v) is 6.49. The van der Waals surface area contributed by atoms with E-state index < -0.39 is 17.7 Å². The molecule has 5 rings (SSSR count). The largest absolute Gasteiger partial charge is 0.508 e. The fourth-order valence-electron chi connectivity index (χ4n) is 4.62. The van der Waals surface area contributed by atoms with Gasteiger partial charge in [-0.2, -0.15) is 13.2 Å². The number of fused-ring (bicyclic) bond motifs is 1. The number of imidazole rings is 1. The topological polar surface area (TPSA) is 94.5 Å². The molecule has 188 valence electrons. The summed E-state index contributed by atoms with van der Waals surface area (Å²) in [7, 11) is 0. The van der Waals surface area contributed by atoms with Crippen LogP contribution >= 0.6 is 0 Å². The van der Waals surface area contributed by atoms with Crippen molar-refractivity contribution in [1.82, 2.24) is 14.6 Å². The van der Waals surface area contributed by atoms with Crippen LogP contribution in [-0.4, -0.2) is 37.8 Å². The van der Waals surface area contributed by atoms with Gasteiger partial charge in [-0.1, -0.05) is 37.5 Å². The molecule has 0 atom stereocenters. The first kappa shape index (κ1) is 23.8. The van der Waals surface area contributed by atoms with E-state index in [1.807, 2.05) is 0 Å². The van der Waals surface area contributed by atoms with Crippen molar-refractivity contribution in [3.8, 4) is 5.75 Å². The van der Waals surface area contributed by atoms with Crippen molar-refractivity contribution in [2.24, 2.45) is 0 Å². The minimum Gasteiger partial charge on any atom is -0.508 e. The number of phenols is 1. The Morgan fingerprint density at radius 2 is 1.83 bits per heavy atom. The maximum Gasteiger partial charge on any atom is 0.416 e. The Balaban J connectivity index is 1.51. The number of nitrogens with one attached hydrogen (secondary N) is 3. The highest BCUT2D eigenvalue weighted by molar-refractivity contribution is 6.08. The van der Waals surface area contributed by atoms with E-state index in [1.54, 1.807) is 28.9 Å². The fourth-order valence-corrected chi connectivity index (χ4v) is 4.62. The monoisotopic (exact) mass is 497 g/mol. The van der Waals surface area contributed by atoms with Crippen molar-refractivity contribution in [1.29, 1.82) is 0 Å². The molecule has 2 aromatic heterocycles. The summed E-state index contributed by atoms with van der Waals surface area (Å²) in [5, 5.41) is 18.9. The van der Waals surface area contributed by atoms with Crippen molar-refractivity contribution >= 4 is 28.6 Å². The average molecular weight is 498 g/mol. The van der Waals surface area contributed by atoms with Gasteiger partial charge in [0.15, 0.2) is 11.5 Å². The highest BCUT2D eigenvalue weighted by Crippen LogP contribution is 2.34. The zero-order valence-corrected chi connectivity index (χ0v) is 19.4. The molecular formula is C26H26F3N5O2. The van der Waals surface area contributed by atoms with Crippen LogP contribution in [-0.2, 0) is 0 Å². The number of alkyl halides is 3. The van der Waals surface area contributed by atoms with E-state index >= 15 is 0 Å². The predicted molar refractivity (Wildman–Crippen MR) is 132 cm³/mol. The Hall–Kier alpha value is -3.95. The molecule has 0 radical (unpaired) electrons. The van der Waals surface area contributed by atoms with E-state index in [9.17, 15) is 23.1 Å². The summed E-state index contributed by atoms with van der Waals surface area (Å²) in [6.07, 6.45) is 7.92. The number of aromatic amines is 1. The molecule has 0 saturated heterocycles. The molecule has 2 aliphatic rings. The number of benzene rings is 1. The van der Waals surface area contributed by atoms with Crippen LogP contribution in [0.2, 0.25) is 0 Å². The molecule has 2 aliphatic carbocycles. The van der Waals surface area contributed by atoms with E-state index in [1.165, 1.54) is 24.6 Å². The minimum atomic E-state index is -4.43. The van der Waals surface area contributed by atoms with Crippen LogP contribution in [0.1, 0.15) is 54.6 Å². The van der Waals surface area contributed by atoms with E-state index in [0.29, 0.717) is 28.4 Å². The Bertz CT molecular complexity index is 1360. The van der Waals surface area contributed by atoms with Gasteiger partial charge in [-0.05, 0) is 49.6 Å². The van der Waals surface area contributed by atoms with Gasteiger partial charge in [-0.25, -0.2) is 9.50 Å². The molecule has 7 nitrogen and oxygen atoms in total. The number of allylic oxidation sites excluding steroid dienone is 6. The molecule has 3 aromatic rings. The second-order valence-electron chi connectivity index (χ2n) is 9.02. The van der Waals surface area contributed by atoms with Gasteiger partial charge in [-0.15, -0.1) is 0 Å². The zero-order valence-electron chi connectivity index (χ0n) is 19.4. The third kappa shape index (κ3) is 4.89. The van der Waals surface area contributed by atoms with Crippen LogP contribution in [0.15, 0.2) is 60.3 Å². The lowest BCUT2D eigenvalue weighted by molar-refractivity contribution is -0.0883. The molecule has 2 heterocycles. The van der Waals surface area contributed by atoms with E-state index in [2.05, 4.69) is 15.7 Å². The first-order valence-corrected chi connectivity index (χ1v) is 11.9. The molecule has 36 heavy (non-hydrogen) atoms. The lowest BCUT2D eigenvalue weighted by atomic mass is 9.95. The first-order valence-electron chi connectivity index (χ1n) is 11.9. The molecular weight excluding hydrogens is 471 g/mol. The zero-order chi connectivity index (χ0) is 25.3. The molecule has 1 amide bonds. The van der Waals surface area contributed by atoms with Crippen LogP contribution < -0.4 is 10.6 Å². The quantitative estimate of drug-likeness (QED) is 0.316. The standard InChI is InChI=1S/C26H26F3N5O2/c27-26(28,29)17-6-4-5-16(9-10-17)22-24(31-18-7-2-1-3-8-18)34-23(33-22)21(15-30-34)25(36)32-19-11-13-20(35)14-12-19/h5-6,9-15,18,30-31,35H,1-4,7-8H2,(H,32,36). The van der Waals surface area contributed by atoms with Crippen LogP contribution in [0.3, 0.4) is 0 Å². The number of nitrogens with zero attached hydrogens (tertiary/aromatic N) is 2. The Kier molecular flexibility index (Phi) is 6.34. The number of H-pyrrole nitrogens is 1. The molecule has 0 unspecified atom stereocenters. The SMILES string of the molecule is O=C(Nc1ccc(O)cc1)c1c[nH]n2c(NC3CCCCC3)c(C3=CCC=C(C(F)(F)F)C=C3)nc12. The summed E-state index contributed by atoms with van der Waals surface area (Å²) in [6.45, 7) is 0. The summed E-state index contributed by atoms with van der Waals surface area (Å²) in [4.78, 5) is 17.8. The number of rotatable bonds is 5. The molecule has 1 aromatic carbocycles. The van der Waals surface area contributed by atoms with E-state index in [-0.39, 0.29) is 23.8 Å². The number of aromatic hydroxyl groups is 1. The molecule has 4 N–H and O–H groups in total. The van der Waals surface area contributed by atoms with Crippen molar-refractivity contribution < 1.29 is 23.1 Å². The number of aromatic nitrogens is 3. The number of halogens is 3. The normalized spacial score (nSPS) is 17.0. The maximum absolute atomic E-state index is 13.3. The average Bonchev–Trinajstić information content (AvgIpc) is 3.30. The summed E-state index contributed by atoms with van der Waals surface area (Å²) >= 11 is 0. The van der Waals surface area contributed by atoms with Crippen molar-refractivity contribution in [2.75, 3.05) is 10.6 Å². The number of anilines is 2. The second-order valence-corrected chi connectivity index (χ2v) is 9.02. The summed E-state index contributed by atoms with van der Waals surface area (Å²) in [5.74, 6) is 0.298. The number of phenolic OH excluding ortho intramolecular Hbond substituents is 1. The van der Waals surface area contributed by atoms with E-state index in [0.717, 1.165) is 37.8 Å². The summed E-state index contributed by atoms with van der Waals surface area (Å²) < 4.78 is 41.5. The summed E-state index contributed by atoms with van der Waals surface area (Å²) in [5.41, 5.74) is 1.49. The van der Waals surface area contributed by atoms with Gasteiger partial charge in [0.25, 0.3) is 5.91 Å². The number of carbonyl (C=O) groups is 1. The highest BCUT2D eigenvalue weighted by atomic mass is 19.4. The van der Waals surface area contributed by atoms with Gasteiger partial charge in [0.05, 0.1) is 5.57 Å². The molecule has 0 aliphatic heterocycles. The molecule has 10 heteroatoms. The maximum atomic E-state index is 13.3. The van der Waals surface area contributed by atoms with Crippen molar-refractivity contribution in [3.05, 3.63) is 71.6 Å². The van der Waals surface area contributed by atoms with Crippen molar-refractivity contribution in [2.45, 2.75) is 50.7 Å². The number of hydrogen-bond donors (Lipinski definition) is 4. The summed E-state index contributed by atoms with van der Waals surface area (Å²) in [6, 6.07) is 6.30. The van der Waals surface area contributed by atoms with Crippen LogP contribution in [0.4, 0.5) is 24.7 Å². The predicted octanol–water partition coefficient (Wildman–Crippen LogP) is 6.20. The van der Waals surface area contributed by atoms with Gasteiger partial charge in [0, 0.05) is 23.5 Å². The molecule has 1 fully saturated rings. The van der Waals surface area contributed by atoms with Crippen LogP contribution in [0, 0.1) is 0 Å².